The highest BCUT2D eigenvalue weighted by Gasteiger charge is 2.13. The summed E-state index contributed by atoms with van der Waals surface area (Å²) in [5, 5.41) is 17.2. The molecule has 0 amide bonds. The summed E-state index contributed by atoms with van der Waals surface area (Å²) in [6.45, 7) is 1.83. The Hall–Kier alpha value is -3.59. The molecule has 3 N–H and O–H groups in total. The lowest BCUT2D eigenvalue weighted by molar-refractivity contribution is 0.108. The van der Waals surface area contributed by atoms with E-state index in [-0.39, 0.29) is 6.61 Å². The van der Waals surface area contributed by atoms with Gasteiger partial charge in [-0.05, 0) is 31.3 Å². The Morgan fingerprint density at radius 1 is 1.03 bits per heavy atom. The molecule has 0 saturated carbocycles. The number of aromatic nitrogens is 3. The van der Waals surface area contributed by atoms with Crippen molar-refractivity contribution in [1.82, 2.24) is 20.3 Å². The minimum absolute atomic E-state index is 0.192. The number of pyridine rings is 1. The first-order valence-electron chi connectivity index (χ1n) is 11.2. The lowest BCUT2D eigenvalue weighted by Gasteiger charge is -2.14. The van der Waals surface area contributed by atoms with E-state index in [1.54, 1.807) is 20.4 Å². The fourth-order valence-corrected chi connectivity index (χ4v) is 3.62. The number of likely N-dealkylation sites (N-methyl/N-ethyl adjacent to an activating group) is 1. The van der Waals surface area contributed by atoms with Crippen LogP contribution in [0.4, 0.5) is 5.82 Å². The van der Waals surface area contributed by atoms with Gasteiger partial charge in [0.2, 0.25) is 0 Å². The SMILES string of the molecule is CNCC(O)COc1cccc(-c2nc(NCCOC)cc(-c3cccc4ncccc34)n2)c1. The average Bonchev–Trinajstić information content (AvgIpc) is 2.87. The van der Waals surface area contributed by atoms with E-state index in [4.69, 9.17) is 19.4 Å². The molecule has 0 fully saturated rings. The highest BCUT2D eigenvalue weighted by molar-refractivity contribution is 5.94. The molecule has 1 unspecified atom stereocenters. The summed E-state index contributed by atoms with van der Waals surface area (Å²) in [7, 11) is 3.46. The van der Waals surface area contributed by atoms with Crippen LogP contribution in [0.3, 0.4) is 0 Å². The van der Waals surface area contributed by atoms with Gasteiger partial charge in [-0.25, -0.2) is 9.97 Å². The molecule has 2 aromatic heterocycles. The summed E-state index contributed by atoms with van der Waals surface area (Å²) >= 11 is 0. The van der Waals surface area contributed by atoms with Crippen molar-refractivity contribution in [1.29, 1.82) is 0 Å². The van der Waals surface area contributed by atoms with Crippen LogP contribution in [-0.4, -0.2) is 66.6 Å². The summed E-state index contributed by atoms with van der Waals surface area (Å²) in [5.74, 6) is 1.91. The van der Waals surface area contributed by atoms with Gasteiger partial charge in [-0.15, -0.1) is 0 Å². The summed E-state index contributed by atoms with van der Waals surface area (Å²) in [6.07, 6.45) is 1.19. The van der Waals surface area contributed by atoms with E-state index in [9.17, 15) is 5.11 Å². The van der Waals surface area contributed by atoms with Crippen LogP contribution in [0.15, 0.2) is 66.9 Å². The zero-order valence-electron chi connectivity index (χ0n) is 19.4. The number of benzene rings is 2. The van der Waals surface area contributed by atoms with E-state index in [0.29, 0.717) is 37.1 Å². The molecular formula is C26H29N5O3. The number of anilines is 1. The number of hydrogen-bond donors (Lipinski definition) is 3. The number of fused-ring (bicyclic) bond motifs is 1. The van der Waals surface area contributed by atoms with Gasteiger partial charge in [-0.3, -0.25) is 4.98 Å². The minimum Gasteiger partial charge on any atom is -0.491 e. The first-order valence-corrected chi connectivity index (χ1v) is 11.2. The van der Waals surface area contributed by atoms with Crippen LogP contribution in [0.5, 0.6) is 5.75 Å². The van der Waals surface area contributed by atoms with Gasteiger partial charge in [-0.1, -0.05) is 30.3 Å². The highest BCUT2D eigenvalue weighted by Crippen LogP contribution is 2.30. The van der Waals surface area contributed by atoms with Crippen molar-refractivity contribution in [2.75, 3.05) is 45.8 Å². The lowest BCUT2D eigenvalue weighted by atomic mass is 10.0. The first kappa shape index (κ1) is 23.6. The second kappa shape index (κ2) is 11.5. The van der Waals surface area contributed by atoms with E-state index >= 15 is 0 Å². The van der Waals surface area contributed by atoms with Crippen molar-refractivity contribution in [3.8, 4) is 28.4 Å². The number of rotatable bonds is 11. The van der Waals surface area contributed by atoms with Crippen molar-refractivity contribution >= 4 is 16.7 Å². The number of ether oxygens (including phenoxy) is 2. The maximum absolute atomic E-state index is 9.95. The summed E-state index contributed by atoms with van der Waals surface area (Å²) < 4.78 is 11.0. The monoisotopic (exact) mass is 459 g/mol. The zero-order valence-corrected chi connectivity index (χ0v) is 19.4. The molecule has 2 heterocycles. The Morgan fingerprint density at radius 3 is 2.76 bits per heavy atom. The quantitative estimate of drug-likeness (QED) is 0.294. The van der Waals surface area contributed by atoms with Crippen LogP contribution in [-0.2, 0) is 4.74 Å². The van der Waals surface area contributed by atoms with Gasteiger partial charge in [0.1, 0.15) is 24.3 Å². The number of nitrogens with zero attached hydrogens (tertiary/aromatic N) is 3. The van der Waals surface area contributed by atoms with Crippen LogP contribution in [0.2, 0.25) is 0 Å². The maximum Gasteiger partial charge on any atom is 0.162 e. The predicted molar refractivity (Wildman–Crippen MR) is 134 cm³/mol. The van der Waals surface area contributed by atoms with Crippen LogP contribution >= 0.6 is 0 Å². The zero-order chi connectivity index (χ0) is 23.8. The topological polar surface area (TPSA) is 101 Å². The first-order chi connectivity index (χ1) is 16.7. The van der Waals surface area contributed by atoms with Crippen molar-refractivity contribution in [3.63, 3.8) is 0 Å². The lowest BCUT2D eigenvalue weighted by Crippen LogP contribution is -2.29. The Morgan fingerprint density at radius 2 is 1.91 bits per heavy atom. The van der Waals surface area contributed by atoms with Crippen LogP contribution in [0, 0.1) is 0 Å². The molecular weight excluding hydrogens is 430 g/mol. The molecule has 4 aromatic rings. The molecule has 0 bridgehead atoms. The number of aliphatic hydroxyl groups is 1. The standard InChI is InChI=1S/C26H29N5O3/c1-27-16-19(32)17-34-20-7-3-6-18(14-20)26-30-24(15-25(31-26)29-12-13-33-2)22-8-4-10-23-21(22)9-5-11-28-23/h3-11,14-15,19,27,32H,12-13,16-17H2,1-2H3,(H,29,30,31). The Bertz CT molecular complexity index is 1230. The van der Waals surface area contributed by atoms with Gasteiger partial charge in [0.15, 0.2) is 5.82 Å². The Labute approximate surface area is 199 Å². The van der Waals surface area contributed by atoms with E-state index < -0.39 is 6.10 Å². The van der Waals surface area contributed by atoms with Gasteiger partial charge in [-0.2, -0.15) is 0 Å². The second-order valence-electron chi connectivity index (χ2n) is 7.81. The fraction of sp³-hybridized carbons (Fsp3) is 0.269. The van der Waals surface area contributed by atoms with Crippen LogP contribution < -0.4 is 15.4 Å². The number of aliphatic hydroxyl groups excluding tert-OH is 1. The van der Waals surface area contributed by atoms with Crippen molar-refractivity contribution < 1.29 is 14.6 Å². The molecule has 0 aliphatic heterocycles. The molecule has 8 nitrogen and oxygen atoms in total. The van der Waals surface area contributed by atoms with E-state index in [0.717, 1.165) is 27.7 Å². The van der Waals surface area contributed by atoms with Crippen molar-refractivity contribution in [3.05, 3.63) is 66.9 Å². The maximum atomic E-state index is 9.95. The molecule has 176 valence electrons. The Balaban J connectivity index is 1.71. The number of methoxy groups -OCH3 is 1. The van der Waals surface area contributed by atoms with Gasteiger partial charge < -0.3 is 25.2 Å². The van der Waals surface area contributed by atoms with Gasteiger partial charge in [0.05, 0.1) is 17.8 Å². The smallest absolute Gasteiger partial charge is 0.162 e. The van der Waals surface area contributed by atoms with Crippen molar-refractivity contribution in [2.45, 2.75) is 6.10 Å². The normalized spacial score (nSPS) is 12.0. The molecule has 0 spiro atoms. The number of nitrogens with one attached hydrogen (secondary N) is 2. The second-order valence-corrected chi connectivity index (χ2v) is 7.81. The summed E-state index contributed by atoms with van der Waals surface area (Å²) in [5.41, 5.74) is 3.49. The summed E-state index contributed by atoms with van der Waals surface area (Å²) in [6, 6.07) is 19.5. The molecule has 0 aliphatic carbocycles. The fourth-order valence-electron chi connectivity index (χ4n) is 3.62. The molecule has 0 saturated heterocycles. The molecule has 0 aliphatic rings. The Kier molecular flexibility index (Phi) is 7.98. The number of hydrogen-bond acceptors (Lipinski definition) is 8. The third-order valence-electron chi connectivity index (χ3n) is 5.23. The van der Waals surface area contributed by atoms with Gasteiger partial charge >= 0.3 is 0 Å². The molecule has 0 radical (unpaired) electrons. The third-order valence-corrected chi connectivity index (χ3v) is 5.23. The largest absolute Gasteiger partial charge is 0.491 e. The third kappa shape index (κ3) is 5.85. The van der Waals surface area contributed by atoms with Gasteiger partial charge in [0.25, 0.3) is 0 Å². The minimum atomic E-state index is -0.593. The average molecular weight is 460 g/mol. The van der Waals surface area contributed by atoms with Crippen LogP contribution in [0.25, 0.3) is 33.5 Å². The van der Waals surface area contributed by atoms with E-state index in [2.05, 4.69) is 15.6 Å². The molecule has 1 atom stereocenters. The van der Waals surface area contributed by atoms with E-state index in [1.165, 1.54) is 0 Å². The highest BCUT2D eigenvalue weighted by atomic mass is 16.5. The summed E-state index contributed by atoms with van der Waals surface area (Å²) in [4.78, 5) is 14.1. The molecule has 34 heavy (non-hydrogen) atoms. The molecule has 2 aromatic carbocycles. The molecule has 8 heteroatoms. The predicted octanol–water partition coefficient (Wildman–Crippen LogP) is 3.38. The van der Waals surface area contributed by atoms with E-state index in [1.807, 2.05) is 60.7 Å². The molecule has 4 rings (SSSR count). The van der Waals surface area contributed by atoms with Crippen LogP contribution in [0.1, 0.15) is 0 Å². The van der Waals surface area contributed by atoms with Gasteiger partial charge in [0, 0.05) is 49.0 Å². The van der Waals surface area contributed by atoms with Crippen molar-refractivity contribution in [2.24, 2.45) is 0 Å².